The SMILES string of the molecule is O=C=Nc1cc(F)cc(Br)c1OC(F)F. The number of nitrogens with zero attached hydrogens (tertiary/aromatic N) is 1. The maximum atomic E-state index is 12.8. The van der Waals surface area contributed by atoms with Crippen molar-refractivity contribution in [2.75, 3.05) is 0 Å². The van der Waals surface area contributed by atoms with E-state index >= 15 is 0 Å². The largest absolute Gasteiger partial charge is 0.431 e. The highest BCUT2D eigenvalue weighted by Crippen LogP contribution is 2.37. The molecule has 0 fully saturated rings. The van der Waals surface area contributed by atoms with E-state index < -0.39 is 18.2 Å². The first-order chi connectivity index (χ1) is 7.04. The van der Waals surface area contributed by atoms with Gasteiger partial charge in [0.1, 0.15) is 11.5 Å². The minimum Gasteiger partial charge on any atom is -0.431 e. The zero-order chi connectivity index (χ0) is 11.4. The maximum Gasteiger partial charge on any atom is 0.387 e. The second-order valence-electron chi connectivity index (χ2n) is 2.32. The van der Waals surface area contributed by atoms with Crippen molar-refractivity contribution >= 4 is 27.7 Å². The molecule has 0 aliphatic carbocycles. The molecule has 3 nitrogen and oxygen atoms in total. The van der Waals surface area contributed by atoms with Crippen LogP contribution in [0.3, 0.4) is 0 Å². The van der Waals surface area contributed by atoms with Gasteiger partial charge in [0, 0.05) is 6.07 Å². The summed E-state index contributed by atoms with van der Waals surface area (Å²) in [7, 11) is 0. The quantitative estimate of drug-likeness (QED) is 0.631. The lowest BCUT2D eigenvalue weighted by Gasteiger charge is -2.08. The lowest BCUT2D eigenvalue weighted by molar-refractivity contribution is -0.0499. The molecule has 1 aromatic carbocycles. The van der Waals surface area contributed by atoms with Gasteiger partial charge in [-0.05, 0) is 22.0 Å². The Labute approximate surface area is 90.7 Å². The van der Waals surface area contributed by atoms with Crippen molar-refractivity contribution in [3.63, 3.8) is 0 Å². The highest BCUT2D eigenvalue weighted by Gasteiger charge is 2.15. The number of hydrogen-bond donors (Lipinski definition) is 0. The topological polar surface area (TPSA) is 38.7 Å². The Morgan fingerprint density at radius 3 is 2.67 bits per heavy atom. The Hall–Kier alpha value is -1.33. The summed E-state index contributed by atoms with van der Waals surface area (Å²) in [6.45, 7) is -3.09. The lowest BCUT2D eigenvalue weighted by Crippen LogP contribution is -2.03. The molecule has 0 radical (unpaired) electrons. The number of ether oxygens (including phenoxy) is 1. The van der Waals surface area contributed by atoms with Crippen LogP contribution in [0.1, 0.15) is 0 Å². The van der Waals surface area contributed by atoms with Crippen molar-refractivity contribution in [2.24, 2.45) is 4.99 Å². The van der Waals surface area contributed by atoms with Gasteiger partial charge in [0.05, 0.1) is 4.47 Å². The number of carbonyl (C=O) groups excluding carboxylic acids is 1. The molecule has 1 rings (SSSR count). The third kappa shape index (κ3) is 3.07. The predicted octanol–water partition coefficient (Wildman–Crippen LogP) is 3.16. The van der Waals surface area contributed by atoms with E-state index in [9.17, 15) is 18.0 Å². The average molecular weight is 282 g/mol. The molecular weight excluding hydrogens is 279 g/mol. The maximum absolute atomic E-state index is 12.8. The summed E-state index contributed by atoms with van der Waals surface area (Å²) < 4.78 is 40.7. The molecule has 0 N–H and O–H groups in total. The van der Waals surface area contributed by atoms with E-state index in [0.717, 1.165) is 18.2 Å². The molecule has 0 amide bonds. The summed E-state index contributed by atoms with van der Waals surface area (Å²) in [5, 5.41) is 0. The first-order valence-corrected chi connectivity index (χ1v) is 4.35. The normalized spacial score (nSPS) is 9.93. The van der Waals surface area contributed by atoms with Gasteiger partial charge >= 0.3 is 6.61 Å². The Morgan fingerprint density at radius 2 is 2.13 bits per heavy atom. The molecule has 15 heavy (non-hydrogen) atoms. The minimum absolute atomic E-state index is 0.0585. The van der Waals surface area contributed by atoms with E-state index in [1.165, 1.54) is 0 Å². The smallest absolute Gasteiger partial charge is 0.387 e. The Morgan fingerprint density at radius 1 is 1.47 bits per heavy atom. The van der Waals surface area contributed by atoms with Crippen LogP contribution in [-0.2, 0) is 4.79 Å². The van der Waals surface area contributed by atoms with Gasteiger partial charge in [0.15, 0.2) is 5.75 Å². The summed E-state index contributed by atoms with van der Waals surface area (Å²) in [5.74, 6) is -1.15. The third-order valence-electron chi connectivity index (χ3n) is 1.36. The number of alkyl halides is 2. The number of isocyanates is 1. The fraction of sp³-hybridized carbons (Fsp3) is 0.125. The zero-order valence-electron chi connectivity index (χ0n) is 7.01. The van der Waals surface area contributed by atoms with Crippen molar-refractivity contribution in [1.82, 2.24) is 0 Å². The van der Waals surface area contributed by atoms with Crippen LogP contribution in [0.4, 0.5) is 18.9 Å². The van der Waals surface area contributed by atoms with E-state index in [2.05, 4.69) is 25.7 Å². The first-order valence-electron chi connectivity index (χ1n) is 3.56. The van der Waals surface area contributed by atoms with Crippen LogP contribution in [0.15, 0.2) is 21.6 Å². The molecule has 0 atom stereocenters. The summed E-state index contributed by atoms with van der Waals surface area (Å²) in [4.78, 5) is 13.0. The third-order valence-corrected chi connectivity index (χ3v) is 1.95. The molecule has 0 saturated heterocycles. The highest BCUT2D eigenvalue weighted by atomic mass is 79.9. The summed E-state index contributed by atoms with van der Waals surface area (Å²) in [5.41, 5.74) is -0.350. The van der Waals surface area contributed by atoms with E-state index in [-0.39, 0.29) is 10.2 Å². The molecule has 0 saturated carbocycles. The zero-order valence-corrected chi connectivity index (χ0v) is 8.59. The summed E-state index contributed by atoms with van der Waals surface area (Å²) >= 11 is 2.81. The number of aliphatic imine (C=N–C) groups is 1. The number of benzene rings is 1. The molecular formula is C8H3BrF3NO2. The fourth-order valence-electron chi connectivity index (χ4n) is 0.885. The monoisotopic (exact) mass is 281 g/mol. The van der Waals surface area contributed by atoms with Gasteiger partial charge in [-0.25, -0.2) is 9.18 Å². The van der Waals surface area contributed by atoms with Crippen LogP contribution in [-0.4, -0.2) is 12.7 Å². The van der Waals surface area contributed by atoms with Gasteiger partial charge in [0.25, 0.3) is 0 Å². The highest BCUT2D eigenvalue weighted by molar-refractivity contribution is 9.10. The molecule has 1 aromatic rings. The Balaban J connectivity index is 3.26. The number of rotatable bonds is 3. The van der Waals surface area contributed by atoms with Crippen LogP contribution >= 0.6 is 15.9 Å². The summed E-state index contributed by atoms with van der Waals surface area (Å²) in [6.07, 6.45) is 1.11. The molecule has 0 aliphatic rings. The molecule has 7 heteroatoms. The molecule has 0 spiro atoms. The van der Waals surface area contributed by atoms with Crippen molar-refractivity contribution in [1.29, 1.82) is 0 Å². The van der Waals surface area contributed by atoms with E-state index in [0.29, 0.717) is 0 Å². The van der Waals surface area contributed by atoms with Crippen LogP contribution < -0.4 is 4.74 Å². The van der Waals surface area contributed by atoms with Crippen molar-refractivity contribution in [3.8, 4) is 5.75 Å². The Kier molecular flexibility index (Phi) is 3.88. The standard InChI is InChI=1S/C8H3BrF3NO2/c9-5-1-4(10)2-6(13-3-14)7(5)15-8(11)12/h1-2,8H. The lowest BCUT2D eigenvalue weighted by atomic mass is 10.3. The van der Waals surface area contributed by atoms with Crippen LogP contribution in [0.25, 0.3) is 0 Å². The van der Waals surface area contributed by atoms with Crippen LogP contribution in [0, 0.1) is 5.82 Å². The predicted molar refractivity (Wildman–Crippen MR) is 48.5 cm³/mol. The first kappa shape index (κ1) is 11.7. The van der Waals surface area contributed by atoms with Gasteiger partial charge in [-0.15, -0.1) is 0 Å². The van der Waals surface area contributed by atoms with Crippen molar-refractivity contribution in [3.05, 3.63) is 22.4 Å². The van der Waals surface area contributed by atoms with E-state index in [1.807, 2.05) is 0 Å². The van der Waals surface area contributed by atoms with Crippen molar-refractivity contribution in [2.45, 2.75) is 6.61 Å². The van der Waals surface area contributed by atoms with Gasteiger partial charge in [-0.1, -0.05) is 0 Å². The minimum atomic E-state index is -3.09. The fourth-order valence-corrected chi connectivity index (χ4v) is 1.40. The summed E-state index contributed by atoms with van der Waals surface area (Å²) in [6, 6.07) is 1.70. The molecule has 0 aliphatic heterocycles. The Bertz CT molecular complexity index is 419. The molecule has 0 heterocycles. The second kappa shape index (κ2) is 4.95. The van der Waals surface area contributed by atoms with E-state index in [4.69, 9.17) is 0 Å². The second-order valence-corrected chi connectivity index (χ2v) is 3.17. The molecule has 0 unspecified atom stereocenters. The number of halogens is 4. The number of hydrogen-bond acceptors (Lipinski definition) is 3. The van der Waals surface area contributed by atoms with Crippen molar-refractivity contribution < 1.29 is 22.7 Å². The molecule has 0 aromatic heterocycles. The molecule has 0 bridgehead atoms. The average Bonchev–Trinajstić information content (AvgIpc) is 2.11. The van der Waals surface area contributed by atoms with Gasteiger partial charge < -0.3 is 4.74 Å². The van der Waals surface area contributed by atoms with Crippen LogP contribution in [0.2, 0.25) is 0 Å². The van der Waals surface area contributed by atoms with Gasteiger partial charge in [0.2, 0.25) is 6.08 Å². The molecule has 80 valence electrons. The van der Waals surface area contributed by atoms with Gasteiger partial charge in [-0.3, -0.25) is 0 Å². The van der Waals surface area contributed by atoms with Gasteiger partial charge in [-0.2, -0.15) is 13.8 Å². The van der Waals surface area contributed by atoms with Crippen LogP contribution in [0.5, 0.6) is 5.75 Å². The van der Waals surface area contributed by atoms with E-state index in [1.54, 1.807) is 0 Å².